The number of carbonyl (C=O) groups excluding carboxylic acids is 2. The number of ether oxygens (including phenoxy) is 5. The first-order valence-corrected chi connectivity index (χ1v) is 10.4. The molecule has 0 saturated carbocycles. The first kappa shape index (κ1) is 23.1. The summed E-state index contributed by atoms with van der Waals surface area (Å²) in [4.78, 5) is 29.5. The number of esters is 1. The normalized spacial score (nSPS) is 11.3. The highest BCUT2D eigenvalue weighted by Crippen LogP contribution is 2.33. The number of nitrogens with zero attached hydrogens (tertiary/aromatic N) is 2. The summed E-state index contributed by atoms with van der Waals surface area (Å²) in [6.45, 7) is -0.107. The molecule has 1 heterocycles. The maximum absolute atomic E-state index is 12.8. The Balaban J connectivity index is 2.06. The van der Waals surface area contributed by atoms with E-state index < -0.39 is 11.9 Å². The van der Waals surface area contributed by atoms with Gasteiger partial charge in [0.25, 0.3) is 5.91 Å². The number of aromatic nitrogens is 1. The molecule has 0 radical (unpaired) electrons. The van der Waals surface area contributed by atoms with Crippen LogP contribution in [-0.4, -0.2) is 52.0 Å². The molecule has 0 aliphatic rings. The van der Waals surface area contributed by atoms with E-state index in [1.165, 1.54) is 39.8 Å². The Kier molecular flexibility index (Phi) is 7.37. The van der Waals surface area contributed by atoms with Gasteiger partial charge in [-0.25, -0.2) is 0 Å². The van der Waals surface area contributed by atoms with Gasteiger partial charge in [0.15, 0.2) is 16.3 Å². The van der Waals surface area contributed by atoms with Crippen LogP contribution < -0.4 is 23.7 Å². The first-order valence-electron chi connectivity index (χ1n) is 9.54. The Morgan fingerprint density at radius 2 is 1.59 bits per heavy atom. The predicted octanol–water partition coefficient (Wildman–Crippen LogP) is 2.58. The number of hydrogen-bond donors (Lipinski definition) is 0. The van der Waals surface area contributed by atoms with Crippen LogP contribution in [0.3, 0.4) is 0 Å². The Bertz CT molecular complexity index is 1210. The van der Waals surface area contributed by atoms with Crippen molar-refractivity contribution in [3.63, 3.8) is 0 Å². The molecule has 0 fully saturated rings. The number of benzene rings is 2. The average molecular weight is 461 g/mol. The summed E-state index contributed by atoms with van der Waals surface area (Å²) in [5.41, 5.74) is 1.35. The lowest BCUT2D eigenvalue weighted by molar-refractivity contribution is -0.141. The molecule has 0 aliphatic heterocycles. The number of carbonyl (C=O) groups is 2. The van der Waals surface area contributed by atoms with Gasteiger partial charge in [0.05, 0.1) is 52.2 Å². The Morgan fingerprint density at radius 1 is 0.906 bits per heavy atom. The second kappa shape index (κ2) is 10.2. The molecule has 0 spiro atoms. The molecular weight excluding hydrogens is 436 g/mol. The van der Waals surface area contributed by atoms with Gasteiger partial charge in [-0.2, -0.15) is 4.99 Å². The zero-order chi connectivity index (χ0) is 23.3. The second-order valence-electron chi connectivity index (χ2n) is 6.58. The van der Waals surface area contributed by atoms with E-state index in [9.17, 15) is 9.59 Å². The van der Waals surface area contributed by atoms with Crippen LogP contribution in [0.2, 0.25) is 0 Å². The number of rotatable bonds is 8. The molecule has 32 heavy (non-hydrogen) atoms. The Morgan fingerprint density at radius 3 is 2.22 bits per heavy atom. The van der Waals surface area contributed by atoms with Crippen LogP contribution in [-0.2, 0) is 27.3 Å². The van der Waals surface area contributed by atoms with Crippen LogP contribution in [0.1, 0.15) is 5.56 Å². The zero-order valence-electron chi connectivity index (χ0n) is 18.5. The van der Waals surface area contributed by atoms with Crippen LogP contribution in [0.25, 0.3) is 10.2 Å². The third-order valence-electron chi connectivity index (χ3n) is 4.76. The molecule has 0 unspecified atom stereocenters. The predicted molar refractivity (Wildman–Crippen MR) is 119 cm³/mol. The van der Waals surface area contributed by atoms with Gasteiger partial charge in [-0.05, 0) is 6.07 Å². The van der Waals surface area contributed by atoms with E-state index >= 15 is 0 Å². The molecule has 1 aromatic heterocycles. The van der Waals surface area contributed by atoms with Crippen molar-refractivity contribution >= 4 is 33.4 Å². The molecule has 3 aromatic rings. The Hall–Kier alpha value is -3.53. The van der Waals surface area contributed by atoms with E-state index in [0.717, 1.165) is 4.70 Å². The molecule has 0 aliphatic carbocycles. The van der Waals surface area contributed by atoms with Gasteiger partial charge < -0.3 is 28.3 Å². The maximum atomic E-state index is 12.8. The van der Waals surface area contributed by atoms with Crippen LogP contribution in [0.4, 0.5) is 0 Å². The summed E-state index contributed by atoms with van der Waals surface area (Å²) in [6, 6.07) is 8.74. The average Bonchev–Trinajstić information content (AvgIpc) is 3.13. The molecule has 0 N–H and O–H groups in total. The molecule has 0 saturated heterocycles. The molecule has 170 valence electrons. The van der Waals surface area contributed by atoms with Gasteiger partial charge in [-0.1, -0.05) is 17.4 Å². The lowest BCUT2D eigenvalue weighted by Crippen LogP contribution is -2.22. The van der Waals surface area contributed by atoms with Crippen LogP contribution in [0.15, 0.2) is 35.3 Å². The van der Waals surface area contributed by atoms with Gasteiger partial charge in [0.1, 0.15) is 18.0 Å². The minimum absolute atomic E-state index is 0.0201. The molecule has 10 heteroatoms. The lowest BCUT2D eigenvalue weighted by atomic mass is 10.1. The molecule has 0 atom stereocenters. The maximum Gasteiger partial charge on any atom is 0.325 e. The van der Waals surface area contributed by atoms with E-state index in [1.54, 1.807) is 42.0 Å². The van der Waals surface area contributed by atoms with Crippen molar-refractivity contribution in [2.75, 3.05) is 35.5 Å². The minimum Gasteiger partial charge on any atom is -0.497 e. The van der Waals surface area contributed by atoms with Crippen molar-refractivity contribution in [2.45, 2.75) is 13.0 Å². The number of amides is 1. The Labute approximate surface area is 188 Å². The third-order valence-corrected chi connectivity index (χ3v) is 5.80. The van der Waals surface area contributed by atoms with E-state index in [4.69, 9.17) is 23.7 Å². The molecule has 1 amide bonds. The van der Waals surface area contributed by atoms with Crippen LogP contribution in [0.5, 0.6) is 23.0 Å². The summed E-state index contributed by atoms with van der Waals surface area (Å²) in [5, 5.41) is 0. The summed E-state index contributed by atoms with van der Waals surface area (Å²) in [5.74, 6) is 1.33. The van der Waals surface area contributed by atoms with E-state index in [1.807, 2.05) is 0 Å². The lowest BCUT2D eigenvalue weighted by Gasteiger charge is -2.09. The van der Waals surface area contributed by atoms with Gasteiger partial charge in [0, 0.05) is 23.8 Å². The van der Waals surface area contributed by atoms with E-state index in [-0.39, 0.29) is 13.0 Å². The largest absolute Gasteiger partial charge is 0.497 e. The number of methoxy groups -OCH3 is 5. The smallest absolute Gasteiger partial charge is 0.325 e. The minimum atomic E-state index is -0.467. The molecule has 2 aromatic carbocycles. The van der Waals surface area contributed by atoms with Crippen molar-refractivity contribution in [2.24, 2.45) is 4.99 Å². The monoisotopic (exact) mass is 460 g/mol. The quantitative estimate of drug-likeness (QED) is 0.477. The second-order valence-corrected chi connectivity index (χ2v) is 7.59. The standard InChI is InChI=1S/C22H24N2O7S/c1-27-14-7-6-13(16(9-14)28-2)8-20(25)23-22-24(12-21(26)31-5)15-10-17(29-3)18(30-4)11-19(15)32-22/h6-7,9-11H,8,12H2,1-5H3. The van der Waals surface area contributed by atoms with Gasteiger partial charge in [-0.15, -0.1) is 0 Å². The van der Waals surface area contributed by atoms with Gasteiger partial charge in [0.2, 0.25) is 0 Å². The van der Waals surface area contributed by atoms with E-state index in [0.29, 0.717) is 38.9 Å². The molecule has 0 bridgehead atoms. The van der Waals surface area contributed by atoms with Crippen molar-refractivity contribution in [3.05, 3.63) is 40.7 Å². The summed E-state index contributed by atoms with van der Waals surface area (Å²) >= 11 is 1.26. The highest BCUT2D eigenvalue weighted by molar-refractivity contribution is 7.16. The summed E-state index contributed by atoms with van der Waals surface area (Å²) < 4.78 is 28.5. The molecule has 9 nitrogen and oxygen atoms in total. The third kappa shape index (κ3) is 4.86. The first-order chi connectivity index (χ1) is 15.4. The fraction of sp³-hybridized carbons (Fsp3) is 0.318. The van der Waals surface area contributed by atoms with Crippen molar-refractivity contribution < 1.29 is 33.3 Å². The fourth-order valence-corrected chi connectivity index (χ4v) is 4.19. The number of fused-ring (bicyclic) bond motifs is 1. The molecular formula is C22H24N2O7S. The van der Waals surface area contributed by atoms with E-state index in [2.05, 4.69) is 4.99 Å². The van der Waals surface area contributed by atoms with Crippen LogP contribution >= 0.6 is 11.3 Å². The highest BCUT2D eigenvalue weighted by atomic mass is 32.1. The highest BCUT2D eigenvalue weighted by Gasteiger charge is 2.16. The summed E-state index contributed by atoms with van der Waals surface area (Å²) in [6.07, 6.45) is 0.0201. The topological polar surface area (TPSA) is 97.6 Å². The fourth-order valence-electron chi connectivity index (χ4n) is 3.14. The number of thiazole rings is 1. The summed E-state index contributed by atoms with van der Waals surface area (Å²) in [7, 11) is 7.45. The van der Waals surface area contributed by atoms with Gasteiger partial charge >= 0.3 is 5.97 Å². The zero-order valence-corrected chi connectivity index (χ0v) is 19.3. The van der Waals surface area contributed by atoms with Crippen molar-refractivity contribution in [3.8, 4) is 23.0 Å². The SMILES string of the molecule is COC(=O)Cn1c(=NC(=O)Cc2ccc(OC)cc2OC)sc2cc(OC)c(OC)cc21. The van der Waals surface area contributed by atoms with Gasteiger partial charge in [-0.3, -0.25) is 9.59 Å². The van der Waals surface area contributed by atoms with Crippen molar-refractivity contribution in [1.82, 2.24) is 4.57 Å². The van der Waals surface area contributed by atoms with Crippen molar-refractivity contribution in [1.29, 1.82) is 0 Å². The number of hydrogen-bond acceptors (Lipinski definition) is 8. The molecule has 3 rings (SSSR count). The van der Waals surface area contributed by atoms with Crippen LogP contribution in [0, 0.1) is 0 Å².